The highest BCUT2D eigenvalue weighted by atomic mass is 127. The molecule has 0 spiro atoms. The van der Waals surface area contributed by atoms with E-state index in [-0.39, 0.29) is 15.9 Å². The van der Waals surface area contributed by atoms with Crippen LogP contribution < -0.4 is 18.9 Å². The molecule has 0 saturated carbocycles. The van der Waals surface area contributed by atoms with E-state index in [0.717, 1.165) is 94.0 Å². The number of piperidine rings is 3. The Morgan fingerprint density at radius 2 is 1.39 bits per heavy atom. The SMILES string of the molecule is CCC(CN(C)[C@@H](I)[C@H](COc1nnc(OC[C@H](c2ccnc3ccc(OC)cc23)[C@@H]2CC3CCN2CC3CC)c2ccccc12)c1ccnc2ccc(OC)cc12)C(C)C. The number of pyridine rings is 2. The minimum Gasteiger partial charge on any atom is -0.497 e. The van der Waals surface area contributed by atoms with Gasteiger partial charge < -0.3 is 18.9 Å². The Morgan fingerprint density at radius 1 is 0.787 bits per heavy atom. The van der Waals surface area contributed by atoms with Gasteiger partial charge in [0.2, 0.25) is 11.8 Å². The summed E-state index contributed by atoms with van der Waals surface area (Å²) in [6, 6.07) is 25.1. The highest BCUT2D eigenvalue weighted by Crippen LogP contribution is 2.45. The molecule has 0 aliphatic carbocycles. The molecule has 61 heavy (non-hydrogen) atoms. The Kier molecular flexibility index (Phi) is 13.8. The second-order valence-electron chi connectivity index (χ2n) is 17.5. The Balaban J connectivity index is 1.11. The minimum atomic E-state index is -0.0212. The average molecular weight is 937 g/mol. The van der Waals surface area contributed by atoms with Gasteiger partial charge >= 0.3 is 0 Å². The average Bonchev–Trinajstić information content (AvgIpc) is 3.30. The molecule has 3 aromatic carbocycles. The summed E-state index contributed by atoms with van der Waals surface area (Å²) in [5.41, 5.74) is 4.28. The van der Waals surface area contributed by atoms with Crippen LogP contribution in [0.2, 0.25) is 0 Å². The molecule has 10 nitrogen and oxygen atoms in total. The van der Waals surface area contributed by atoms with Crippen LogP contribution in [0.25, 0.3) is 32.6 Å². The van der Waals surface area contributed by atoms with Crippen LogP contribution in [-0.4, -0.2) is 94.2 Å². The van der Waals surface area contributed by atoms with Crippen molar-refractivity contribution in [1.82, 2.24) is 30.0 Å². The molecule has 4 unspecified atom stereocenters. The van der Waals surface area contributed by atoms with Gasteiger partial charge in [0.15, 0.2) is 0 Å². The van der Waals surface area contributed by atoms with Crippen molar-refractivity contribution in [2.45, 2.75) is 75.3 Å². The normalized spacial score (nSPS) is 20.9. The second-order valence-corrected chi connectivity index (χ2v) is 18.8. The number of methoxy groups -OCH3 is 2. The van der Waals surface area contributed by atoms with Crippen LogP contribution in [0.1, 0.15) is 76.3 Å². The Labute approximate surface area is 374 Å². The molecule has 9 rings (SSSR count). The highest BCUT2D eigenvalue weighted by Gasteiger charge is 2.43. The molecule has 322 valence electrons. The molecular weight excluding hydrogens is 875 g/mol. The van der Waals surface area contributed by atoms with Gasteiger partial charge in [0, 0.05) is 54.1 Å². The predicted molar refractivity (Wildman–Crippen MR) is 254 cm³/mol. The lowest BCUT2D eigenvalue weighted by molar-refractivity contribution is -0.0174. The lowest BCUT2D eigenvalue weighted by atomic mass is 9.70. The number of aromatic nitrogens is 4. The Bertz CT molecular complexity index is 2430. The number of rotatable bonds is 18. The third kappa shape index (κ3) is 9.11. The first-order chi connectivity index (χ1) is 29.7. The zero-order valence-electron chi connectivity index (χ0n) is 36.8. The van der Waals surface area contributed by atoms with Gasteiger partial charge in [-0.05, 0) is 122 Å². The fourth-order valence-corrected chi connectivity index (χ4v) is 11.0. The van der Waals surface area contributed by atoms with E-state index >= 15 is 0 Å². The van der Waals surface area contributed by atoms with Crippen molar-refractivity contribution in [3.05, 3.63) is 96.3 Å². The molecule has 3 saturated heterocycles. The molecule has 3 aromatic heterocycles. The van der Waals surface area contributed by atoms with Gasteiger partial charge in [-0.15, -0.1) is 10.2 Å². The van der Waals surface area contributed by atoms with Crippen LogP contribution in [0, 0.1) is 23.7 Å². The Hall–Kier alpha value is -4.33. The van der Waals surface area contributed by atoms with Gasteiger partial charge in [-0.3, -0.25) is 19.8 Å². The van der Waals surface area contributed by atoms with Crippen LogP contribution in [0.3, 0.4) is 0 Å². The number of nitrogens with zero attached hydrogens (tertiary/aromatic N) is 6. The molecule has 6 heterocycles. The first-order valence-electron chi connectivity index (χ1n) is 22.2. The fraction of sp³-hybridized carbons (Fsp3) is 0.480. The van der Waals surface area contributed by atoms with Gasteiger partial charge in [-0.25, -0.2) is 0 Å². The maximum atomic E-state index is 6.88. The predicted octanol–water partition coefficient (Wildman–Crippen LogP) is 10.6. The molecule has 0 N–H and O–H groups in total. The summed E-state index contributed by atoms with van der Waals surface area (Å²) < 4.78 is 25.2. The van der Waals surface area contributed by atoms with Crippen molar-refractivity contribution in [3.8, 4) is 23.3 Å². The number of halogens is 1. The maximum Gasteiger partial charge on any atom is 0.241 e. The van der Waals surface area contributed by atoms with E-state index < -0.39 is 0 Å². The van der Waals surface area contributed by atoms with Gasteiger partial charge in [-0.1, -0.05) is 75.3 Å². The first-order valence-corrected chi connectivity index (χ1v) is 23.4. The Morgan fingerprint density at radius 3 is 1.95 bits per heavy atom. The monoisotopic (exact) mass is 936 g/mol. The smallest absolute Gasteiger partial charge is 0.241 e. The quantitative estimate of drug-likeness (QED) is 0.0471. The summed E-state index contributed by atoms with van der Waals surface area (Å²) in [5.74, 6) is 5.35. The zero-order valence-corrected chi connectivity index (χ0v) is 38.9. The van der Waals surface area contributed by atoms with Crippen LogP contribution in [-0.2, 0) is 0 Å². The van der Waals surface area contributed by atoms with Crippen molar-refractivity contribution in [1.29, 1.82) is 0 Å². The number of hydrogen-bond acceptors (Lipinski definition) is 10. The summed E-state index contributed by atoms with van der Waals surface area (Å²) in [7, 11) is 5.66. The highest BCUT2D eigenvalue weighted by molar-refractivity contribution is 14.1. The lowest BCUT2D eigenvalue weighted by Gasteiger charge is -2.52. The number of hydrogen-bond donors (Lipinski definition) is 0. The maximum absolute atomic E-state index is 6.88. The van der Waals surface area contributed by atoms with E-state index in [1.165, 1.54) is 18.4 Å². The van der Waals surface area contributed by atoms with Gasteiger partial charge in [0.1, 0.15) is 11.5 Å². The largest absolute Gasteiger partial charge is 0.497 e. The molecule has 3 aliphatic rings. The van der Waals surface area contributed by atoms with Crippen molar-refractivity contribution >= 4 is 55.2 Å². The second kappa shape index (κ2) is 19.4. The third-order valence-corrected chi connectivity index (χ3v) is 15.7. The molecule has 0 radical (unpaired) electrons. The zero-order chi connectivity index (χ0) is 42.6. The van der Waals surface area contributed by atoms with E-state index in [9.17, 15) is 0 Å². The van der Waals surface area contributed by atoms with Gasteiger partial charge in [0.25, 0.3) is 0 Å². The summed E-state index contributed by atoms with van der Waals surface area (Å²) in [5, 5.41) is 13.5. The molecule has 3 fully saturated rings. The van der Waals surface area contributed by atoms with Gasteiger partial charge in [-0.2, -0.15) is 0 Å². The standard InChI is InChI=1S/C50H61IN6O4/c1-8-32(31(3)4)27-56(5)48(51)44(38-19-22-53-46-17-15-36(59-7)26-42(38)46)30-61-50-40-13-11-10-12-39(40)49(54-55-50)60-29-43(47-24-34-20-23-57(47)28-33(34)9-2)37-18-21-52-45-16-14-35(58-6)25-41(37)45/h10-19,21-22,25-26,31-34,43-44,47-48H,8-9,20,23-24,27-30H2,1-7H3/t32?,33?,34?,43-,44-,47+,48-/m1/s1. The number of fused-ring (bicyclic) bond motifs is 6. The number of benzene rings is 3. The van der Waals surface area contributed by atoms with E-state index in [0.29, 0.717) is 42.9 Å². The van der Waals surface area contributed by atoms with Gasteiger partial charge in [0.05, 0.1) is 53.3 Å². The first kappa shape index (κ1) is 43.3. The van der Waals surface area contributed by atoms with Crippen LogP contribution in [0.5, 0.6) is 23.3 Å². The molecule has 2 bridgehead atoms. The summed E-state index contributed by atoms with van der Waals surface area (Å²) in [6.07, 6.45) is 8.62. The molecular formula is C50H61IN6O4. The number of alkyl halides is 1. The molecule has 0 amide bonds. The van der Waals surface area contributed by atoms with Crippen LogP contribution in [0.4, 0.5) is 0 Å². The number of likely N-dealkylation sites (N-methyl/N-ethyl adjacent to an activating group) is 1. The van der Waals surface area contributed by atoms with Crippen LogP contribution in [0.15, 0.2) is 85.2 Å². The summed E-state index contributed by atoms with van der Waals surface area (Å²) in [4.78, 5) is 14.7. The molecule has 11 heteroatoms. The third-order valence-electron chi connectivity index (χ3n) is 13.9. The van der Waals surface area contributed by atoms with Crippen LogP contribution >= 0.6 is 22.6 Å². The molecule has 8 atom stereocenters. The molecule has 6 aromatic rings. The lowest BCUT2D eigenvalue weighted by Crippen LogP contribution is -2.55. The summed E-state index contributed by atoms with van der Waals surface area (Å²) in [6.45, 7) is 13.4. The van der Waals surface area contributed by atoms with E-state index in [1.807, 2.05) is 42.7 Å². The number of ether oxygens (including phenoxy) is 4. The minimum absolute atomic E-state index is 0.0212. The van der Waals surface area contributed by atoms with Crippen molar-refractivity contribution in [2.75, 3.05) is 54.1 Å². The summed E-state index contributed by atoms with van der Waals surface area (Å²) >= 11 is 2.61. The fourth-order valence-electron chi connectivity index (χ4n) is 10.2. The van der Waals surface area contributed by atoms with Crippen molar-refractivity contribution in [2.24, 2.45) is 23.7 Å². The van der Waals surface area contributed by atoms with E-state index in [4.69, 9.17) is 39.1 Å². The van der Waals surface area contributed by atoms with Crippen molar-refractivity contribution < 1.29 is 18.9 Å². The van der Waals surface area contributed by atoms with Crippen molar-refractivity contribution in [3.63, 3.8) is 0 Å². The van der Waals surface area contributed by atoms with E-state index in [1.54, 1.807) is 14.2 Å². The van der Waals surface area contributed by atoms with E-state index in [2.05, 4.69) is 110 Å². The topological polar surface area (TPSA) is 95.0 Å². The molecule has 3 aliphatic heterocycles.